The van der Waals surface area contributed by atoms with Crippen LogP contribution in [0.3, 0.4) is 0 Å². The van der Waals surface area contributed by atoms with Crippen LogP contribution in [-0.2, 0) is 4.74 Å². The lowest BCUT2D eigenvalue weighted by Gasteiger charge is -2.30. The molecule has 0 spiro atoms. The van der Waals surface area contributed by atoms with Crippen molar-refractivity contribution in [3.8, 4) is 0 Å². The van der Waals surface area contributed by atoms with Crippen LogP contribution >= 0.6 is 0 Å². The van der Waals surface area contributed by atoms with Crippen molar-refractivity contribution >= 4 is 22.7 Å². The number of para-hydroxylation sites is 1. The minimum Gasteiger partial charge on any atom is -0.383 e. The van der Waals surface area contributed by atoms with Crippen molar-refractivity contribution in [1.82, 2.24) is 9.97 Å². The summed E-state index contributed by atoms with van der Waals surface area (Å²) in [5.41, 5.74) is 6.73. The first-order valence-corrected chi connectivity index (χ1v) is 6.95. The van der Waals surface area contributed by atoms with Crippen LogP contribution < -0.4 is 10.6 Å². The second kappa shape index (κ2) is 6.52. The van der Waals surface area contributed by atoms with E-state index >= 15 is 0 Å². The van der Waals surface area contributed by atoms with Gasteiger partial charge in [-0.25, -0.2) is 4.98 Å². The monoisotopic (exact) mass is 274 g/mol. The summed E-state index contributed by atoms with van der Waals surface area (Å²) in [6.07, 6.45) is 1.03. The Bertz CT molecular complexity index is 573. The smallest absolute Gasteiger partial charge is 0.222 e. The highest BCUT2D eigenvalue weighted by molar-refractivity contribution is 5.90. The van der Waals surface area contributed by atoms with Crippen molar-refractivity contribution in [2.45, 2.75) is 26.3 Å². The Morgan fingerprint density at radius 2 is 2.05 bits per heavy atom. The number of aromatic nitrogens is 2. The van der Waals surface area contributed by atoms with Crippen LogP contribution in [0.25, 0.3) is 10.9 Å². The molecule has 2 N–H and O–H groups in total. The fourth-order valence-corrected chi connectivity index (χ4v) is 2.24. The molecule has 108 valence electrons. The van der Waals surface area contributed by atoms with Gasteiger partial charge in [0, 0.05) is 25.1 Å². The van der Waals surface area contributed by atoms with E-state index in [1.54, 1.807) is 7.11 Å². The summed E-state index contributed by atoms with van der Waals surface area (Å²) in [6, 6.07) is 8.31. The van der Waals surface area contributed by atoms with Gasteiger partial charge in [-0.05, 0) is 25.5 Å². The zero-order valence-electron chi connectivity index (χ0n) is 12.3. The molecule has 20 heavy (non-hydrogen) atoms. The molecule has 0 saturated carbocycles. The van der Waals surface area contributed by atoms with E-state index in [-0.39, 0.29) is 0 Å². The van der Waals surface area contributed by atoms with Gasteiger partial charge in [-0.3, -0.25) is 0 Å². The molecule has 0 aliphatic rings. The van der Waals surface area contributed by atoms with Gasteiger partial charge in [0.05, 0.1) is 12.1 Å². The molecule has 2 rings (SSSR count). The number of ether oxygens (including phenoxy) is 1. The number of nitrogens with zero attached hydrogens (tertiary/aromatic N) is 3. The third-order valence-electron chi connectivity index (χ3n) is 3.53. The largest absolute Gasteiger partial charge is 0.383 e. The number of hydrogen-bond donors (Lipinski definition) is 1. The summed E-state index contributed by atoms with van der Waals surface area (Å²) in [6.45, 7) is 5.79. The molecule has 2 aromatic rings. The molecule has 1 aromatic heterocycles. The topological polar surface area (TPSA) is 64.3 Å². The van der Waals surface area contributed by atoms with Gasteiger partial charge in [-0.15, -0.1) is 0 Å². The molecule has 0 bridgehead atoms. The molecule has 0 aliphatic carbocycles. The Morgan fingerprint density at radius 3 is 2.75 bits per heavy atom. The lowest BCUT2D eigenvalue weighted by atomic mass is 10.1. The molecule has 0 aliphatic heterocycles. The summed E-state index contributed by atoms with van der Waals surface area (Å²) in [5.74, 6) is 1.20. The van der Waals surface area contributed by atoms with Gasteiger partial charge in [0.25, 0.3) is 0 Å². The molecular formula is C15H22N4O. The van der Waals surface area contributed by atoms with Crippen LogP contribution in [0.5, 0.6) is 0 Å². The third-order valence-corrected chi connectivity index (χ3v) is 3.53. The number of rotatable bonds is 6. The maximum Gasteiger partial charge on any atom is 0.222 e. The first-order valence-electron chi connectivity index (χ1n) is 6.95. The molecule has 1 heterocycles. The van der Waals surface area contributed by atoms with Crippen molar-refractivity contribution in [3.05, 3.63) is 24.3 Å². The highest BCUT2D eigenvalue weighted by atomic mass is 16.5. The van der Waals surface area contributed by atoms with E-state index in [0.29, 0.717) is 18.6 Å². The minimum absolute atomic E-state index is 0.310. The normalized spacial score (nSPS) is 12.6. The van der Waals surface area contributed by atoms with Gasteiger partial charge in [0.15, 0.2) is 0 Å². The van der Waals surface area contributed by atoms with Crippen LogP contribution in [0.15, 0.2) is 24.3 Å². The maximum atomic E-state index is 5.85. The summed E-state index contributed by atoms with van der Waals surface area (Å²) >= 11 is 0. The van der Waals surface area contributed by atoms with E-state index in [1.807, 2.05) is 24.3 Å². The summed E-state index contributed by atoms with van der Waals surface area (Å²) in [7, 11) is 1.71. The number of nitrogens with two attached hydrogens (primary N) is 1. The van der Waals surface area contributed by atoms with E-state index in [4.69, 9.17) is 10.5 Å². The Kier molecular flexibility index (Phi) is 4.74. The van der Waals surface area contributed by atoms with Crippen LogP contribution in [0.1, 0.15) is 20.3 Å². The molecule has 0 radical (unpaired) electrons. The van der Waals surface area contributed by atoms with Crippen molar-refractivity contribution in [1.29, 1.82) is 0 Å². The molecule has 0 fully saturated rings. The van der Waals surface area contributed by atoms with Crippen molar-refractivity contribution in [2.24, 2.45) is 0 Å². The molecule has 1 aromatic carbocycles. The van der Waals surface area contributed by atoms with Gasteiger partial charge in [0.2, 0.25) is 5.95 Å². The van der Waals surface area contributed by atoms with Gasteiger partial charge >= 0.3 is 0 Å². The second-order valence-electron chi connectivity index (χ2n) is 4.87. The van der Waals surface area contributed by atoms with Crippen LogP contribution in [0, 0.1) is 0 Å². The number of benzene rings is 1. The van der Waals surface area contributed by atoms with Gasteiger partial charge in [-0.1, -0.05) is 19.1 Å². The van der Waals surface area contributed by atoms with Crippen molar-refractivity contribution < 1.29 is 4.74 Å². The second-order valence-corrected chi connectivity index (χ2v) is 4.87. The van der Waals surface area contributed by atoms with E-state index in [1.165, 1.54) is 0 Å². The molecule has 5 heteroatoms. The fraction of sp³-hybridized carbons (Fsp3) is 0.467. The quantitative estimate of drug-likeness (QED) is 0.876. The van der Waals surface area contributed by atoms with Gasteiger partial charge in [-0.2, -0.15) is 4.98 Å². The summed E-state index contributed by atoms with van der Waals surface area (Å²) in [5, 5.41) is 1.03. The molecule has 1 unspecified atom stereocenters. The fourth-order valence-electron chi connectivity index (χ4n) is 2.24. The number of nitrogen functional groups attached to an aromatic ring is 1. The van der Waals surface area contributed by atoms with Crippen LogP contribution in [-0.4, -0.2) is 36.3 Å². The third kappa shape index (κ3) is 2.99. The number of fused-ring (bicyclic) bond motifs is 1. The van der Waals surface area contributed by atoms with Gasteiger partial charge in [0.1, 0.15) is 5.82 Å². The molecule has 1 atom stereocenters. The van der Waals surface area contributed by atoms with Crippen molar-refractivity contribution in [2.75, 3.05) is 30.9 Å². The SMILES string of the molecule is CCC(C)N(CCOC)c1nc(N)nc2ccccc12. The number of methoxy groups -OCH3 is 1. The van der Waals surface area contributed by atoms with Crippen LogP contribution in [0.2, 0.25) is 0 Å². The predicted octanol–water partition coefficient (Wildman–Crippen LogP) is 2.46. The van der Waals surface area contributed by atoms with Crippen molar-refractivity contribution in [3.63, 3.8) is 0 Å². The minimum atomic E-state index is 0.310. The van der Waals surface area contributed by atoms with Gasteiger partial charge < -0.3 is 15.4 Å². The van der Waals surface area contributed by atoms with E-state index < -0.39 is 0 Å². The number of anilines is 2. The zero-order valence-corrected chi connectivity index (χ0v) is 12.3. The molecular weight excluding hydrogens is 252 g/mol. The first kappa shape index (κ1) is 14.5. The lowest BCUT2D eigenvalue weighted by molar-refractivity contribution is 0.203. The highest BCUT2D eigenvalue weighted by Gasteiger charge is 2.18. The number of hydrogen-bond acceptors (Lipinski definition) is 5. The van der Waals surface area contributed by atoms with E-state index in [2.05, 4.69) is 28.7 Å². The molecule has 0 saturated heterocycles. The Hall–Kier alpha value is -1.88. The highest BCUT2D eigenvalue weighted by Crippen LogP contribution is 2.26. The van der Waals surface area contributed by atoms with E-state index in [0.717, 1.165) is 29.7 Å². The zero-order chi connectivity index (χ0) is 14.5. The maximum absolute atomic E-state index is 5.85. The average Bonchev–Trinajstić information content (AvgIpc) is 2.46. The summed E-state index contributed by atoms with van der Waals surface area (Å²) < 4.78 is 5.21. The standard InChI is InChI=1S/C15H22N4O/c1-4-11(2)19(9-10-20-3)14-12-7-5-6-8-13(12)17-15(16)18-14/h5-8,11H,4,9-10H2,1-3H3,(H2,16,17,18). The lowest BCUT2D eigenvalue weighted by Crippen LogP contribution is -2.36. The summed E-state index contributed by atoms with van der Waals surface area (Å²) in [4.78, 5) is 11.0. The first-order chi connectivity index (χ1) is 9.67. The molecule has 0 amide bonds. The average molecular weight is 274 g/mol. The Morgan fingerprint density at radius 1 is 1.30 bits per heavy atom. The Balaban J connectivity index is 2.51. The van der Waals surface area contributed by atoms with Crippen LogP contribution in [0.4, 0.5) is 11.8 Å². The Labute approximate surface area is 119 Å². The van der Waals surface area contributed by atoms with E-state index in [9.17, 15) is 0 Å². The predicted molar refractivity (Wildman–Crippen MR) is 82.9 cm³/mol. The molecule has 5 nitrogen and oxygen atoms in total.